The van der Waals surface area contributed by atoms with Crippen molar-refractivity contribution < 1.29 is 0 Å². The maximum Gasteiger partial charge on any atom is 0.226 e. The van der Waals surface area contributed by atoms with Gasteiger partial charge in [-0.1, -0.05) is 18.2 Å². The van der Waals surface area contributed by atoms with Gasteiger partial charge in [-0.05, 0) is 0 Å². The topological polar surface area (TPSA) is 42.7 Å². The van der Waals surface area contributed by atoms with Crippen molar-refractivity contribution in [1.29, 1.82) is 0 Å². The fourth-order valence-corrected chi connectivity index (χ4v) is 0.713. The van der Waals surface area contributed by atoms with E-state index in [9.17, 15) is 0 Å². The monoisotopic (exact) mass is 158 g/mol. The smallest absolute Gasteiger partial charge is 0.226 e. The van der Waals surface area contributed by atoms with Gasteiger partial charge in [0.1, 0.15) is 11.5 Å². The number of halogens is 1. The first kappa shape index (κ1) is 7.08. The Morgan fingerprint density at radius 3 is 3.00 bits per heavy atom. The summed E-state index contributed by atoms with van der Waals surface area (Å²) in [6.07, 6.45) is 1.40. The maximum atomic E-state index is 5.55. The fourth-order valence-electron chi connectivity index (χ4n) is 0.590. The Morgan fingerprint density at radius 1 is 1.90 bits per heavy atom. The van der Waals surface area contributed by atoms with Crippen LogP contribution in [0.25, 0.3) is 5.16 Å². The van der Waals surface area contributed by atoms with Crippen LogP contribution in [0.5, 0.6) is 0 Å². The first-order valence-corrected chi connectivity index (χ1v) is 3.06. The van der Waals surface area contributed by atoms with E-state index in [4.69, 9.17) is 11.6 Å². The third-order valence-corrected chi connectivity index (χ3v) is 1.16. The molecule has 0 amide bonds. The molecular weight excluding hydrogens is 152 g/mol. The van der Waals surface area contributed by atoms with E-state index in [1.807, 2.05) is 0 Å². The van der Waals surface area contributed by atoms with Crippen LogP contribution in [0.4, 0.5) is 5.95 Å². The Morgan fingerprint density at radius 2 is 2.60 bits per heavy atom. The summed E-state index contributed by atoms with van der Waals surface area (Å²) in [4.78, 5) is 3.85. The summed E-state index contributed by atoms with van der Waals surface area (Å²) in [6.45, 7) is 3.49. The molecule has 0 saturated carbocycles. The molecule has 0 aliphatic rings. The average Bonchev–Trinajstić information content (AvgIpc) is 2.33. The summed E-state index contributed by atoms with van der Waals surface area (Å²) >= 11 is 5.55. The van der Waals surface area contributed by atoms with Gasteiger partial charge in [-0.3, -0.25) is 0 Å². The van der Waals surface area contributed by atoms with E-state index in [2.05, 4.69) is 22.0 Å². The number of hydrogen-bond acceptors (Lipinski definition) is 3. The first-order valence-electron chi connectivity index (χ1n) is 2.68. The molecule has 0 saturated heterocycles. The minimum absolute atomic E-state index is 0.321. The van der Waals surface area contributed by atoms with Crippen molar-refractivity contribution in [3.8, 4) is 0 Å². The van der Waals surface area contributed by atoms with Gasteiger partial charge in [-0.25, -0.2) is 0 Å². The summed E-state index contributed by atoms with van der Waals surface area (Å²) in [7, 11) is 1.74. The van der Waals surface area contributed by atoms with Gasteiger partial charge < -0.3 is 5.32 Å². The predicted octanol–water partition coefficient (Wildman–Crippen LogP) is 0.987. The molecule has 0 fully saturated rings. The number of aromatic nitrogens is 3. The van der Waals surface area contributed by atoms with Crippen LogP contribution in [-0.2, 0) is 0 Å². The van der Waals surface area contributed by atoms with Crippen LogP contribution < -0.4 is 5.32 Å². The van der Waals surface area contributed by atoms with E-state index in [1.165, 1.54) is 11.0 Å². The molecular formula is C5H7ClN4. The Bertz CT molecular complexity index is 242. The quantitative estimate of drug-likeness (QED) is 0.698. The molecule has 54 valence electrons. The molecule has 0 aromatic carbocycles. The highest BCUT2D eigenvalue weighted by molar-refractivity contribution is 6.44. The number of nitrogens with zero attached hydrogens (tertiary/aromatic N) is 3. The van der Waals surface area contributed by atoms with Gasteiger partial charge in [0.2, 0.25) is 5.95 Å². The zero-order valence-electron chi connectivity index (χ0n) is 5.50. The standard InChI is InChI=1S/C5H7ClN4/c1-4(6)10-5(7-2)8-3-9-10/h3H,1H2,2H3,(H,7,8,9). The van der Waals surface area contributed by atoms with Crippen molar-refractivity contribution in [2.24, 2.45) is 0 Å². The Kier molecular flexibility index (Phi) is 1.91. The number of rotatable bonds is 2. The lowest BCUT2D eigenvalue weighted by Gasteiger charge is -1.99. The van der Waals surface area contributed by atoms with Gasteiger partial charge >= 0.3 is 0 Å². The second kappa shape index (κ2) is 2.70. The third-order valence-electron chi connectivity index (χ3n) is 1.00. The molecule has 1 rings (SSSR count). The van der Waals surface area contributed by atoms with Gasteiger partial charge in [0, 0.05) is 7.05 Å². The summed E-state index contributed by atoms with van der Waals surface area (Å²) in [5.41, 5.74) is 0. The fraction of sp³-hybridized carbons (Fsp3) is 0.200. The highest BCUT2D eigenvalue weighted by atomic mass is 35.5. The van der Waals surface area contributed by atoms with Crippen LogP contribution in [0, 0.1) is 0 Å². The Labute approximate surface area is 63.5 Å². The summed E-state index contributed by atoms with van der Waals surface area (Å²) in [5, 5.41) is 6.92. The van der Waals surface area contributed by atoms with Crippen molar-refractivity contribution in [1.82, 2.24) is 14.8 Å². The van der Waals surface area contributed by atoms with Gasteiger partial charge in [0.25, 0.3) is 0 Å². The van der Waals surface area contributed by atoms with E-state index >= 15 is 0 Å². The van der Waals surface area contributed by atoms with Gasteiger partial charge in [0.05, 0.1) is 0 Å². The molecule has 4 nitrogen and oxygen atoms in total. The van der Waals surface area contributed by atoms with Crippen LogP contribution in [0.3, 0.4) is 0 Å². The molecule has 5 heteroatoms. The van der Waals surface area contributed by atoms with E-state index < -0.39 is 0 Å². The van der Waals surface area contributed by atoms with Crippen molar-refractivity contribution in [2.75, 3.05) is 12.4 Å². The number of anilines is 1. The average molecular weight is 159 g/mol. The van der Waals surface area contributed by atoms with Gasteiger partial charge in [-0.2, -0.15) is 14.8 Å². The second-order valence-corrected chi connectivity index (χ2v) is 2.06. The van der Waals surface area contributed by atoms with Crippen LogP contribution in [0.15, 0.2) is 12.9 Å². The molecule has 0 atom stereocenters. The molecule has 0 radical (unpaired) electrons. The second-order valence-electron chi connectivity index (χ2n) is 1.62. The molecule has 0 aliphatic carbocycles. The number of nitrogens with one attached hydrogen (secondary N) is 1. The van der Waals surface area contributed by atoms with Crippen LogP contribution in [0.1, 0.15) is 0 Å². The summed E-state index contributed by atoms with van der Waals surface area (Å²) < 4.78 is 1.40. The van der Waals surface area contributed by atoms with Crippen molar-refractivity contribution in [2.45, 2.75) is 0 Å². The lowest BCUT2D eigenvalue weighted by molar-refractivity contribution is 0.929. The highest BCUT2D eigenvalue weighted by Crippen LogP contribution is 2.09. The van der Waals surface area contributed by atoms with Crippen LogP contribution >= 0.6 is 11.6 Å². The Balaban J connectivity index is 3.01. The zero-order valence-corrected chi connectivity index (χ0v) is 6.26. The molecule has 0 spiro atoms. The van der Waals surface area contributed by atoms with Crippen molar-refractivity contribution in [3.63, 3.8) is 0 Å². The molecule has 1 aromatic rings. The van der Waals surface area contributed by atoms with Gasteiger partial charge in [0.15, 0.2) is 0 Å². The highest BCUT2D eigenvalue weighted by Gasteiger charge is 2.00. The lowest BCUT2D eigenvalue weighted by atomic mass is 10.9. The molecule has 0 unspecified atom stereocenters. The molecule has 0 aliphatic heterocycles. The number of hydrogen-bond donors (Lipinski definition) is 1. The lowest BCUT2D eigenvalue weighted by Crippen LogP contribution is -2.00. The van der Waals surface area contributed by atoms with E-state index in [-0.39, 0.29) is 0 Å². The summed E-state index contributed by atoms with van der Waals surface area (Å²) in [5.74, 6) is 0.583. The van der Waals surface area contributed by atoms with E-state index in [1.54, 1.807) is 7.05 Å². The molecule has 1 heterocycles. The van der Waals surface area contributed by atoms with E-state index in [0.29, 0.717) is 11.1 Å². The first-order chi connectivity index (χ1) is 4.75. The Hall–Kier alpha value is -1.03. The largest absolute Gasteiger partial charge is 0.357 e. The van der Waals surface area contributed by atoms with Crippen molar-refractivity contribution >= 4 is 22.7 Å². The maximum absolute atomic E-state index is 5.55. The predicted molar refractivity (Wildman–Crippen MR) is 40.8 cm³/mol. The zero-order chi connectivity index (χ0) is 7.56. The molecule has 1 aromatic heterocycles. The molecule has 10 heavy (non-hydrogen) atoms. The van der Waals surface area contributed by atoms with Crippen LogP contribution in [0.2, 0.25) is 0 Å². The summed E-state index contributed by atoms with van der Waals surface area (Å²) in [6, 6.07) is 0. The van der Waals surface area contributed by atoms with Crippen LogP contribution in [-0.4, -0.2) is 21.8 Å². The third kappa shape index (κ3) is 1.11. The minimum atomic E-state index is 0.321. The normalized spacial score (nSPS) is 9.40. The van der Waals surface area contributed by atoms with Gasteiger partial charge in [-0.15, -0.1) is 0 Å². The molecule has 0 bridgehead atoms. The van der Waals surface area contributed by atoms with E-state index in [0.717, 1.165) is 0 Å². The SMILES string of the molecule is C=C(Cl)n1ncnc1NC. The minimum Gasteiger partial charge on any atom is -0.357 e. The van der Waals surface area contributed by atoms with Crippen molar-refractivity contribution in [3.05, 3.63) is 12.9 Å². The molecule has 1 N–H and O–H groups in total.